The van der Waals surface area contributed by atoms with Gasteiger partial charge in [-0.25, -0.2) is 13.4 Å². The van der Waals surface area contributed by atoms with Crippen LogP contribution in [0.5, 0.6) is 0 Å². The highest BCUT2D eigenvalue weighted by molar-refractivity contribution is 7.92. The first-order chi connectivity index (χ1) is 13.4. The number of hydrogen-bond acceptors (Lipinski definition) is 5. The van der Waals surface area contributed by atoms with Crippen molar-refractivity contribution < 1.29 is 13.2 Å². The van der Waals surface area contributed by atoms with Gasteiger partial charge in [-0.3, -0.25) is 4.79 Å². The molecule has 1 fully saturated rings. The molecule has 0 saturated heterocycles. The fourth-order valence-corrected chi connectivity index (χ4v) is 6.03. The molecule has 4 rings (SSSR count). The Hall–Kier alpha value is -2.45. The van der Waals surface area contributed by atoms with E-state index in [1.165, 1.54) is 0 Å². The van der Waals surface area contributed by atoms with Crippen molar-refractivity contribution in [3.8, 4) is 11.3 Å². The molecule has 1 aromatic carbocycles. The summed E-state index contributed by atoms with van der Waals surface area (Å²) in [5.41, 5.74) is 2.52. The summed E-state index contributed by atoms with van der Waals surface area (Å²) in [6, 6.07) is 8.23. The lowest BCUT2D eigenvalue weighted by atomic mass is 10.2. The van der Waals surface area contributed by atoms with Crippen molar-refractivity contribution >= 4 is 32.8 Å². The zero-order valence-corrected chi connectivity index (χ0v) is 17.1. The van der Waals surface area contributed by atoms with Gasteiger partial charge in [0.2, 0.25) is 0 Å². The molecular weight excluding hydrogens is 394 g/mol. The molecule has 28 heavy (non-hydrogen) atoms. The Balaban J connectivity index is 1.52. The van der Waals surface area contributed by atoms with Gasteiger partial charge in [0.1, 0.15) is 5.69 Å². The number of carbonyl (C=O) groups is 1. The zero-order chi connectivity index (χ0) is 19.7. The van der Waals surface area contributed by atoms with Gasteiger partial charge in [-0.15, -0.1) is 11.3 Å². The second kappa shape index (κ2) is 7.52. The standard InChI is InChI=1S/C20H21N3O3S2/c1-13-22-19(12-27-13)14-9-18(21-11-14)20(24)23-15-5-4-8-17(10-15)28(25,26)16-6-2-3-7-16/h4-5,8-12,16,21H,2-3,6-7H2,1H3,(H,23,24). The molecule has 2 aromatic heterocycles. The van der Waals surface area contributed by atoms with E-state index in [1.54, 1.807) is 47.9 Å². The predicted octanol–water partition coefficient (Wildman–Crippen LogP) is 4.42. The minimum Gasteiger partial charge on any atom is -0.357 e. The average molecular weight is 416 g/mol. The molecular formula is C20H21N3O3S2. The van der Waals surface area contributed by atoms with Crippen LogP contribution < -0.4 is 5.32 Å². The van der Waals surface area contributed by atoms with Crippen LogP contribution in [-0.2, 0) is 9.84 Å². The summed E-state index contributed by atoms with van der Waals surface area (Å²) in [5.74, 6) is -0.325. The maximum Gasteiger partial charge on any atom is 0.272 e. The summed E-state index contributed by atoms with van der Waals surface area (Å²) in [6.45, 7) is 1.93. The summed E-state index contributed by atoms with van der Waals surface area (Å²) >= 11 is 1.55. The molecule has 0 radical (unpaired) electrons. The van der Waals surface area contributed by atoms with Crippen LogP contribution in [0.25, 0.3) is 11.3 Å². The number of nitrogens with one attached hydrogen (secondary N) is 2. The second-order valence-electron chi connectivity index (χ2n) is 6.99. The maximum absolute atomic E-state index is 12.8. The Morgan fingerprint density at radius 2 is 2.04 bits per heavy atom. The van der Waals surface area contributed by atoms with Gasteiger partial charge in [-0.1, -0.05) is 18.9 Å². The van der Waals surface area contributed by atoms with Crippen LogP contribution in [0.4, 0.5) is 5.69 Å². The first-order valence-corrected chi connectivity index (χ1v) is 11.6. The maximum atomic E-state index is 12.8. The molecule has 0 bridgehead atoms. The van der Waals surface area contributed by atoms with Crippen molar-refractivity contribution in [3.63, 3.8) is 0 Å². The number of nitrogens with zero attached hydrogens (tertiary/aromatic N) is 1. The van der Waals surface area contributed by atoms with Crippen molar-refractivity contribution in [2.45, 2.75) is 42.8 Å². The van der Waals surface area contributed by atoms with Gasteiger partial charge in [0.25, 0.3) is 5.91 Å². The number of rotatable bonds is 5. The van der Waals surface area contributed by atoms with E-state index in [1.807, 2.05) is 12.3 Å². The van der Waals surface area contributed by atoms with Crippen molar-refractivity contribution in [2.24, 2.45) is 0 Å². The Kier molecular flexibility index (Phi) is 5.07. The molecule has 2 heterocycles. The molecule has 1 saturated carbocycles. The van der Waals surface area contributed by atoms with Gasteiger partial charge >= 0.3 is 0 Å². The van der Waals surface area contributed by atoms with Gasteiger partial charge in [-0.2, -0.15) is 0 Å². The van der Waals surface area contributed by atoms with Crippen LogP contribution in [0.2, 0.25) is 0 Å². The lowest BCUT2D eigenvalue weighted by Gasteiger charge is -2.12. The lowest BCUT2D eigenvalue weighted by molar-refractivity contribution is 0.102. The number of thiazole rings is 1. The van der Waals surface area contributed by atoms with E-state index in [-0.39, 0.29) is 16.1 Å². The molecule has 0 unspecified atom stereocenters. The smallest absolute Gasteiger partial charge is 0.272 e. The van der Waals surface area contributed by atoms with Crippen molar-refractivity contribution in [1.29, 1.82) is 0 Å². The average Bonchev–Trinajstić information content (AvgIpc) is 3.43. The number of sulfone groups is 1. The zero-order valence-electron chi connectivity index (χ0n) is 15.4. The topological polar surface area (TPSA) is 91.9 Å². The van der Waals surface area contributed by atoms with E-state index in [4.69, 9.17) is 0 Å². The Labute approximate surface area is 168 Å². The first-order valence-electron chi connectivity index (χ1n) is 9.20. The summed E-state index contributed by atoms with van der Waals surface area (Å²) < 4.78 is 25.6. The third kappa shape index (κ3) is 3.74. The molecule has 1 aliphatic carbocycles. The molecule has 6 nitrogen and oxygen atoms in total. The Morgan fingerprint density at radius 1 is 1.25 bits per heavy atom. The number of aromatic nitrogens is 2. The Morgan fingerprint density at radius 3 is 2.75 bits per heavy atom. The summed E-state index contributed by atoms with van der Waals surface area (Å²) in [6.07, 6.45) is 5.06. The minimum absolute atomic E-state index is 0.266. The number of benzene rings is 1. The molecule has 146 valence electrons. The quantitative estimate of drug-likeness (QED) is 0.645. The molecule has 0 spiro atoms. The third-order valence-corrected chi connectivity index (χ3v) is 8.04. The highest BCUT2D eigenvalue weighted by Gasteiger charge is 2.30. The molecule has 1 aliphatic rings. The van der Waals surface area contributed by atoms with Gasteiger partial charge < -0.3 is 10.3 Å². The molecule has 1 amide bonds. The fourth-order valence-electron chi connectivity index (χ4n) is 3.51. The monoisotopic (exact) mass is 415 g/mol. The minimum atomic E-state index is -3.36. The highest BCUT2D eigenvalue weighted by atomic mass is 32.2. The van der Waals surface area contributed by atoms with Crippen LogP contribution >= 0.6 is 11.3 Å². The normalized spacial score (nSPS) is 15.0. The number of amides is 1. The lowest BCUT2D eigenvalue weighted by Crippen LogP contribution is -2.18. The van der Waals surface area contributed by atoms with E-state index < -0.39 is 9.84 Å². The van der Waals surface area contributed by atoms with E-state index >= 15 is 0 Å². The number of aryl methyl sites for hydroxylation is 1. The number of anilines is 1. The summed E-state index contributed by atoms with van der Waals surface area (Å²) in [7, 11) is -3.36. The highest BCUT2D eigenvalue weighted by Crippen LogP contribution is 2.30. The number of H-pyrrole nitrogens is 1. The van der Waals surface area contributed by atoms with Crippen LogP contribution in [0.15, 0.2) is 46.8 Å². The van der Waals surface area contributed by atoms with Crippen LogP contribution in [0, 0.1) is 6.92 Å². The SMILES string of the molecule is Cc1nc(-c2c[nH]c(C(=O)Nc3cccc(S(=O)(=O)C4CCCC4)c3)c2)cs1. The van der Waals surface area contributed by atoms with Crippen LogP contribution in [0.3, 0.4) is 0 Å². The van der Waals surface area contributed by atoms with Crippen LogP contribution in [-0.4, -0.2) is 29.5 Å². The van der Waals surface area contributed by atoms with E-state index in [0.717, 1.165) is 29.1 Å². The largest absolute Gasteiger partial charge is 0.357 e. The van der Waals surface area contributed by atoms with Gasteiger partial charge in [0.15, 0.2) is 9.84 Å². The van der Waals surface area contributed by atoms with Gasteiger partial charge in [0, 0.05) is 22.8 Å². The van der Waals surface area contributed by atoms with Gasteiger partial charge in [0.05, 0.1) is 20.8 Å². The van der Waals surface area contributed by atoms with E-state index in [9.17, 15) is 13.2 Å². The summed E-state index contributed by atoms with van der Waals surface area (Å²) in [4.78, 5) is 20.2. The molecule has 8 heteroatoms. The van der Waals surface area contributed by atoms with Gasteiger partial charge in [-0.05, 0) is 44.0 Å². The first kappa shape index (κ1) is 18.9. The second-order valence-corrected chi connectivity index (χ2v) is 10.3. The van der Waals surface area contributed by atoms with Crippen molar-refractivity contribution in [2.75, 3.05) is 5.32 Å². The number of aromatic amines is 1. The number of hydrogen-bond donors (Lipinski definition) is 2. The van der Waals surface area contributed by atoms with Crippen LogP contribution in [0.1, 0.15) is 41.2 Å². The third-order valence-electron chi connectivity index (χ3n) is 5.00. The van der Waals surface area contributed by atoms with E-state index in [2.05, 4.69) is 15.3 Å². The molecule has 2 N–H and O–H groups in total. The Bertz CT molecular complexity index is 1110. The predicted molar refractivity (Wildman–Crippen MR) is 110 cm³/mol. The molecule has 0 atom stereocenters. The fraction of sp³-hybridized carbons (Fsp3) is 0.300. The molecule has 3 aromatic rings. The summed E-state index contributed by atoms with van der Waals surface area (Å²) in [5, 5.41) is 5.37. The van der Waals surface area contributed by atoms with Crippen molar-refractivity contribution in [3.05, 3.63) is 52.6 Å². The van der Waals surface area contributed by atoms with E-state index in [0.29, 0.717) is 24.2 Å². The number of carbonyl (C=O) groups excluding carboxylic acids is 1. The van der Waals surface area contributed by atoms with Crippen molar-refractivity contribution in [1.82, 2.24) is 9.97 Å². The molecule has 0 aliphatic heterocycles.